The summed E-state index contributed by atoms with van der Waals surface area (Å²) in [7, 11) is 0. The summed E-state index contributed by atoms with van der Waals surface area (Å²) < 4.78 is 0. The zero-order chi connectivity index (χ0) is 15.2. The summed E-state index contributed by atoms with van der Waals surface area (Å²) in [5.41, 5.74) is 1.65. The van der Waals surface area contributed by atoms with Crippen molar-refractivity contribution in [3.05, 3.63) is 64.9 Å². The van der Waals surface area contributed by atoms with E-state index >= 15 is 0 Å². The lowest BCUT2D eigenvalue weighted by molar-refractivity contribution is 0.0834. The summed E-state index contributed by atoms with van der Waals surface area (Å²) in [5, 5.41) is 0.639. The molecule has 21 heavy (non-hydrogen) atoms. The number of ketones is 1. The number of rotatable bonds is 6. The first kappa shape index (κ1) is 15.7. The fourth-order valence-corrected chi connectivity index (χ4v) is 2.37. The summed E-state index contributed by atoms with van der Waals surface area (Å²) in [5.74, 6) is 0.101. The molecule has 0 bridgehead atoms. The Hall–Kier alpha value is -1.71. The molecule has 1 atom stereocenters. The molecule has 2 rings (SSSR count). The van der Waals surface area contributed by atoms with Crippen LogP contribution >= 0.6 is 11.6 Å². The van der Waals surface area contributed by atoms with E-state index in [0.717, 1.165) is 12.2 Å². The number of hydrogen-bond donors (Lipinski definition) is 0. The molecule has 0 N–H and O–H groups in total. The van der Waals surface area contributed by atoms with E-state index in [0.29, 0.717) is 17.1 Å². The highest BCUT2D eigenvalue weighted by Gasteiger charge is 2.21. The van der Waals surface area contributed by atoms with E-state index < -0.39 is 0 Å². The third-order valence-electron chi connectivity index (χ3n) is 3.55. The molecule has 2 aromatic rings. The van der Waals surface area contributed by atoms with Gasteiger partial charge in [-0.25, -0.2) is 0 Å². The third-order valence-corrected chi connectivity index (χ3v) is 3.81. The maximum Gasteiger partial charge on any atom is 0.179 e. The molecule has 0 fully saturated rings. The first-order chi connectivity index (χ1) is 10.1. The van der Waals surface area contributed by atoms with E-state index in [-0.39, 0.29) is 11.8 Å². The van der Waals surface area contributed by atoms with E-state index in [9.17, 15) is 4.79 Å². The Morgan fingerprint density at radius 1 is 1.24 bits per heavy atom. The minimum Gasteiger partial charge on any atom is -0.292 e. The monoisotopic (exact) mass is 302 g/mol. The van der Waals surface area contributed by atoms with Crippen LogP contribution in [-0.2, 0) is 6.54 Å². The fourth-order valence-electron chi connectivity index (χ4n) is 2.24. The maximum absolute atomic E-state index is 12.5. The van der Waals surface area contributed by atoms with Crippen LogP contribution in [0, 0.1) is 0 Å². The molecule has 0 amide bonds. The Bertz CT molecular complexity index is 583. The largest absolute Gasteiger partial charge is 0.292 e. The molecule has 1 heterocycles. The number of pyridine rings is 1. The van der Waals surface area contributed by atoms with E-state index in [1.165, 1.54) is 0 Å². The summed E-state index contributed by atoms with van der Waals surface area (Å²) in [6, 6.07) is 12.7. The van der Waals surface area contributed by atoms with Crippen molar-refractivity contribution in [2.45, 2.75) is 26.4 Å². The molecule has 0 radical (unpaired) electrons. The van der Waals surface area contributed by atoms with Gasteiger partial charge in [-0.2, -0.15) is 0 Å². The van der Waals surface area contributed by atoms with Crippen molar-refractivity contribution < 1.29 is 4.79 Å². The predicted molar refractivity (Wildman–Crippen MR) is 85.6 cm³/mol. The molecule has 0 saturated heterocycles. The van der Waals surface area contributed by atoms with Gasteiger partial charge in [-0.05, 0) is 49.9 Å². The van der Waals surface area contributed by atoms with E-state index in [1.54, 1.807) is 30.5 Å². The molecule has 3 nitrogen and oxygen atoms in total. The number of carbonyl (C=O) groups excluding carboxylic acids is 1. The molecule has 1 unspecified atom stereocenters. The zero-order valence-corrected chi connectivity index (χ0v) is 13.0. The van der Waals surface area contributed by atoms with Crippen LogP contribution in [0.1, 0.15) is 29.9 Å². The SMILES string of the molecule is CCN(Cc1ccccn1)C(C)C(=O)c1ccc(Cl)cc1. The normalized spacial score (nSPS) is 12.4. The van der Waals surface area contributed by atoms with Crippen molar-refractivity contribution in [3.63, 3.8) is 0 Å². The van der Waals surface area contributed by atoms with Crippen molar-refractivity contribution >= 4 is 17.4 Å². The topological polar surface area (TPSA) is 33.2 Å². The number of nitrogens with zero attached hydrogens (tertiary/aromatic N) is 2. The molecule has 1 aromatic carbocycles. The molecule has 0 aliphatic heterocycles. The van der Waals surface area contributed by atoms with Gasteiger partial charge in [0.05, 0.1) is 11.7 Å². The van der Waals surface area contributed by atoms with Crippen molar-refractivity contribution in [2.24, 2.45) is 0 Å². The van der Waals surface area contributed by atoms with Gasteiger partial charge in [-0.15, -0.1) is 0 Å². The molecule has 1 aromatic heterocycles. The second kappa shape index (κ2) is 7.34. The summed E-state index contributed by atoms with van der Waals surface area (Å²) in [6.07, 6.45) is 1.77. The first-order valence-electron chi connectivity index (χ1n) is 7.05. The van der Waals surface area contributed by atoms with Gasteiger partial charge in [-0.1, -0.05) is 24.6 Å². The molecule has 4 heteroatoms. The summed E-state index contributed by atoms with van der Waals surface area (Å²) >= 11 is 5.86. The number of hydrogen-bond acceptors (Lipinski definition) is 3. The van der Waals surface area contributed by atoms with E-state index in [4.69, 9.17) is 11.6 Å². The first-order valence-corrected chi connectivity index (χ1v) is 7.43. The van der Waals surface area contributed by atoms with Crippen molar-refractivity contribution in [1.29, 1.82) is 0 Å². The maximum atomic E-state index is 12.5. The van der Waals surface area contributed by atoms with Crippen LogP contribution in [0.25, 0.3) is 0 Å². The number of aromatic nitrogens is 1. The van der Waals surface area contributed by atoms with Crippen LogP contribution in [0.3, 0.4) is 0 Å². The molecule has 0 aliphatic carbocycles. The predicted octanol–water partition coefficient (Wildman–Crippen LogP) is 3.83. The van der Waals surface area contributed by atoms with Gasteiger partial charge in [0.25, 0.3) is 0 Å². The van der Waals surface area contributed by atoms with Gasteiger partial charge in [0.2, 0.25) is 0 Å². The van der Waals surface area contributed by atoms with Crippen molar-refractivity contribution in [1.82, 2.24) is 9.88 Å². The molecule has 0 aliphatic rings. The highest BCUT2D eigenvalue weighted by Crippen LogP contribution is 2.15. The van der Waals surface area contributed by atoms with Crippen molar-refractivity contribution in [2.75, 3.05) is 6.54 Å². The molecule has 110 valence electrons. The van der Waals surface area contributed by atoms with Crippen molar-refractivity contribution in [3.8, 4) is 0 Å². The summed E-state index contributed by atoms with van der Waals surface area (Å²) in [6.45, 7) is 5.44. The average molecular weight is 303 g/mol. The lowest BCUT2D eigenvalue weighted by atomic mass is 10.0. The van der Waals surface area contributed by atoms with Crippen LogP contribution in [0.5, 0.6) is 0 Å². The number of Topliss-reactive ketones (excluding diaryl/α,β-unsaturated/α-hetero) is 1. The van der Waals surface area contributed by atoms with Crippen LogP contribution < -0.4 is 0 Å². The van der Waals surface area contributed by atoms with Gasteiger partial charge in [0.1, 0.15) is 0 Å². The van der Waals surface area contributed by atoms with Crippen LogP contribution in [-0.4, -0.2) is 28.3 Å². The Balaban J connectivity index is 2.10. The quantitative estimate of drug-likeness (QED) is 0.760. The second-order valence-corrected chi connectivity index (χ2v) is 5.37. The Morgan fingerprint density at radius 3 is 2.52 bits per heavy atom. The minimum absolute atomic E-state index is 0.101. The van der Waals surface area contributed by atoms with Gasteiger partial charge in [0, 0.05) is 23.3 Å². The van der Waals surface area contributed by atoms with Crippen LogP contribution in [0.2, 0.25) is 5.02 Å². The number of benzene rings is 1. The number of halogens is 1. The number of likely N-dealkylation sites (N-methyl/N-ethyl adjacent to an activating group) is 1. The lowest BCUT2D eigenvalue weighted by Crippen LogP contribution is -2.38. The van der Waals surface area contributed by atoms with Gasteiger partial charge < -0.3 is 0 Å². The zero-order valence-electron chi connectivity index (χ0n) is 12.3. The van der Waals surface area contributed by atoms with Gasteiger partial charge in [0.15, 0.2) is 5.78 Å². The highest BCUT2D eigenvalue weighted by atomic mass is 35.5. The molecule has 0 spiro atoms. The Kier molecular flexibility index (Phi) is 5.48. The third kappa shape index (κ3) is 4.13. The Morgan fingerprint density at radius 2 is 1.95 bits per heavy atom. The highest BCUT2D eigenvalue weighted by molar-refractivity contribution is 6.30. The summed E-state index contributed by atoms with van der Waals surface area (Å²) in [4.78, 5) is 19.0. The second-order valence-electron chi connectivity index (χ2n) is 4.93. The standard InChI is InChI=1S/C17H19ClN2O/c1-3-20(12-16-6-4-5-11-19-16)13(2)17(21)14-7-9-15(18)10-8-14/h4-11,13H,3,12H2,1-2H3. The number of carbonyl (C=O) groups is 1. The smallest absolute Gasteiger partial charge is 0.179 e. The fraction of sp³-hybridized carbons (Fsp3) is 0.294. The molecular formula is C17H19ClN2O. The van der Waals surface area contributed by atoms with Gasteiger partial charge in [-0.3, -0.25) is 14.7 Å². The molecule has 0 saturated carbocycles. The lowest BCUT2D eigenvalue weighted by Gasteiger charge is -2.26. The van der Waals surface area contributed by atoms with Crippen LogP contribution in [0.4, 0.5) is 0 Å². The van der Waals surface area contributed by atoms with E-state index in [1.807, 2.05) is 25.1 Å². The van der Waals surface area contributed by atoms with Crippen LogP contribution in [0.15, 0.2) is 48.7 Å². The minimum atomic E-state index is -0.196. The van der Waals surface area contributed by atoms with Gasteiger partial charge >= 0.3 is 0 Å². The van der Waals surface area contributed by atoms with E-state index in [2.05, 4.69) is 16.8 Å². The average Bonchev–Trinajstić information content (AvgIpc) is 2.53. The Labute approximate surface area is 130 Å². The molecular weight excluding hydrogens is 284 g/mol.